The molecule has 21 heavy (non-hydrogen) atoms. The molecule has 1 heterocycles. The van der Waals surface area contributed by atoms with E-state index in [0.717, 1.165) is 18.2 Å². The standard InChI is InChI=1S/C11H7ClF5NO3/c12-6-3-5(1-2-7(6)21-11(15,16)17)8-10(13,14)4-20-9(19)18-8/h1-3,8H,4H2,(H,18,19)/t8-/m1/s1. The number of carbonyl (C=O) groups is 1. The van der Waals surface area contributed by atoms with Crippen molar-refractivity contribution in [3.05, 3.63) is 28.8 Å². The summed E-state index contributed by atoms with van der Waals surface area (Å²) in [7, 11) is 0. The highest BCUT2D eigenvalue weighted by atomic mass is 35.5. The van der Waals surface area contributed by atoms with Crippen molar-refractivity contribution in [2.45, 2.75) is 18.3 Å². The van der Waals surface area contributed by atoms with E-state index >= 15 is 0 Å². The first kappa shape index (κ1) is 15.6. The molecule has 1 aromatic rings. The molecule has 1 aliphatic heterocycles. The number of ether oxygens (including phenoxy) is 2. The molecule has 10 heteroatoms. The molecular weight excluding hydrogens is 325 g/mol. The number of cyclic esters (lactones) is 1. The molecule has 1 aromatic carbocycles. The van der Waals surface area contributed by atoms with Crippen LogP contribution in [-0.4, -0.2) is 25.0 Å². The summed E-state index contributed by atoms with van der Waals surface area (Å²) in [4.78, 5) is 11.0. The van der Waals surface area contributed by atoms with Crippen molar-refractivity contribution in [3.8, 4) is 5.75 Å². The first-order valence-electron chi connectivity index (χ1n) is 5.45. The third-order valence-corrected chi connectivity index (χ3v) is 2.89. The summed E-state index contributed by atoms with van der Waals surface area (Å²) in [5.74, 6) is -4.15. The van der Waals surface area contributed by atoms with Crippen molar-refractivity contribution < 1.29 is 36.2 Å². The molecule has 1 N–H and O–H groups in total. The van der Waals surface area contributed by atoms with Gasteiger partial charge in [0.15, 0.2) is 6.61 Å². The van der Waals surface area contributed by atoms with Gasteiger partial charge in [0.1, 0.15) is 11.8 Å². The third-order valence-electron chi connectivity index (χ3n) is 2.60. The van der Waals surface area contributed by atoms with E-state index in [9.17, 15) is 26.7 Å². The summed E-state index contributed by atoms with van der Waals surface area (Å²) in [6.07, 6.45) is -6.01. The number of amides is 1. The predicted molar refractivity (Wildman–Crippen MR) is 60.3 cm³/mol. The van der Waals surface area contributed by atoms with Crippen molar-refractivity contribution >= 4 is 17.7 Å². The lowest BCUT2D eigenvalue weighted by molar-refractivity contribution is -0.274. The van der Waals surface area contributed by atoms with Gasteiger partial charge in [0.05, 0.1) is 5.02 Å². The van der Waals surface area contributed by atoms with E-state index in [1.165, 1.54) is 0 Å². The van der Waals surface area contributed by atoms with E-state index < -0.39 is 41.8 Å². The van der Waals surface area contributed by atoms with Crippen LogP contribution in [0.15, 0.2) is 18.2 Å². The Morgan fingerprint density at radius 2 is 2.05 bits per heavy atom. The topological polar surface area (TPSA) is 47.6 Å². The highest BCUT2D eigenvalue weighted by molar-refractivity contribution is 6.32. The van der Waals surface area contributed by atoms with E-state index in [0.29, 0.717) is 0 Å². The molecule has 1 saturated heterocycles. The Kier molecular flexibility index (Phi) is 3.87. The van der Waals surface area contributed by atoms with E-state index in [1.54, 1.807) is 0 Å². The Labute approximate surface area is 119 Å². The van der Waals surface area contributed by atoms with Crippen molar-refractivity contribution in [2.24, 2.45) is 0 Å². The Morgan fingerprint density at radius 3 is 2.62 bits per heavy atom. The van der Waals surface area contributed by atoms with E-state index in [4.69, 9.17) is 11.6 Å². The zero-order valence-electron chi connectivity index (χ0n) is 10.0. The van der Waals surface area contributed by atoms with Gasteiger partial charge in [-0.2, -0.15) is 0 Å². The van der Waals surface area contributed by atoms with Crippen LogP contribution in [0.4, 0.5) is 26.7 Å². The van der Waals surface area contributed by atoms with Gasteiger partial charge in [-0.3, -0.25) is 0 Å². The van der Waals surface area contributed by atoms with E-state index in [-0.39, 0.29) is 5.56 Å². The minimum absolute atomic E-state index is 0.170. The molecule has 0 saturated carbocycles. The van der Waals surface area contributed by atoms with Gasteiger partial charge in [-0.15, -0.1) is 13.2 Å². The van der Waals surface area contributed by atoms with Gasteiger partial charge in [0.2, 0.25) is 0 Å². The molecule has 1 atom stereocenters. The number of alkyl carbamates (subject to hydrolysis) is 1. The molecule has 116 valence electrons. The summed E-state index contributed by atoms with van der Waals surface area (Å²) in [6.45, 7) is -1.14. The predicted octanol–water partition coefficient (Wildman–Crippen LogP) is 3.65. The average molecular weight is 332 g/mol. The monoisotopic (exact) mass is 331 g/mol. The van der Waals surface area contributed by atoms with Crippen molar-refractivity contribution in [3.63, 3.8) is 0 Å². The number of benzene rings is 1. The molecule has 0 aromatic heterocycles. The Hall–Kier alpha value is -1.77. The molecule has 4 nitrogen and oxygen atoms in total. The molecule has 1 aliphatic rings. The molecular formula is C11H7ClF5NO3. The maximum atomic E-state index is 13.6. The molecule has 1 amide bonds. The SMILES string of the molecule is O=C1N[C@H](c2ccc(OC(F)(F)F)c(Cl)c2)C(F)(F)CO1. The van der Waals surface area contributed by atoms with Gasteiger partial charge in [0, 0.05) is 0 Å². The average Bonchev–Trinajstić information content (AvgIpc) is 2.33. The van der Waals surface area contributed by atoms with Crippen LogP contribution in [0, 0.1) is 0 Å². The summed E-state index contributed by atoms with van der Waals surface area (Å²) in [5, 5.41) is 1.37. The summed E-state index contributed by atoms with van der Waals surface area (Å²) in [5.41, 5.74) is -0.170. The van der Waals surface area contributed by atoms with Crippen molar-refractivity contribution in [1.82, 2.24) is 5.32 Å². The Balaban J connectivity index is 2.28. The zero-order valence-corrected chi connectivity index (χ0v) is 10.8. The summed E-state index contributed by atoms with van der Waals surface area (Å²) < 4.78 is 71.3. The van der Waals surface area contributed by atoms with Crippen molar-refractivity contribution in [2.75, 3.05) is 6.61 Å². The second-order valence-electron chi connectivity index (χ2n) is 4.15. The largest absolute Gasteiger partial charge is 0.573 e. The van der Waals surface area contributed by atoms with Crippen LogP contribution < -0.4 is 10.1 Å². The van der Waals surface area contributed by atoms with Gasteiger partial charge in [-0.05, 0) is 17.7 Å². The minimum Gasteiger partial charge on any atom is -0.443 e. The third kappa shape index (κ3) is 3.66. The molecule has 0 unspecified atom stereocenters. The van der Waals surface area contributed by atoms with Gasteiger partial charge in [-0.1, -0.05) is 17.7 Å². The molecule has 2 rings (SSSR count). The molecule has 1 fully saturated rings. The fourth-order valence-electron chi connectivity index (χ4n) is 1.74. The van der Waals surface area contributed by atoms with E-state index in [1.807, 2.05) is 5.32 Å². The molecule has 0 spiro atoms. The number of carbonyl (C=O) groups excluding carboxylic acids is 1. The smallest absolute Gasteiger partial charge is 0.443 e. The zero-order chi connectivity index (χ0) is 15.8. The molecule has 0 bridgehead atoms. The van der Waals surface area contributed by atoms with Gasteiger partial charge in [-0.25, -0.2) is 13.6 Å². The van der Waals surface area contributed by atoms with Gasteiger partial charge < -0.3 is 14.8 Å². The maximum absolute atomic E-state index is 13.6. The first-order valence-corrected chi connectivity index (χ1v) is 5.82. The van der Waals surface area contributed by atoms with E-state index in [2.05, 4.69) is 9.47 Å². The quantitative estimate of drug-likeness (QED) is 0.841. The van der Waals surface area contributed by atoms with Gasteiger partial charge in [0.25, 0.3) is 0 Å². The number of hydrogen-bond donors (Lipinski definition) is 1. The summed E-state index contributed by atoms with van der Waals surface area (Å²) >= 11 is 5.57. The van der Waals surface area contributed by atoms with Crippen LogP contribution in [0.25, 0.3) is 0 Å². The lowest BCUT2D eigenvalue weighted by Gasteiger charge is -2.32. The second kappa shape index (κ2) is 5.21. The van der Waals surface area contributed by atoms with Crippen LogP contribution in [0.2, 0.25) is 5.02 Å². The number of nitrogens with one attached hydrogen (secondary N) is 1. The fourth-order valence-corrected chi connectivity index (χ4v) is 1.97. The first-order chi connectivity index (χ1) is 9.58. The van der Waals surface area contributed by atoms with Crippen LogP contribution in [0.3, 0.4) is 0 Å². The van der Waals surface area contributed by atoms with Crippen LogP contribution in [0.1, 0.15) is 11.6 Å². The fraction of sp³-hybridized carbons (Fsp3) is 0.364. The van der Waals surface area contributed by atoms with Crippen LogP contribution in [0.5, 0.6) is 5.75 Å². The Morgan fingerprint density at radius 1 is 1.38 bits per heavy atom. The highest BCUT2D eigenvalue weighted by Gasteiger charge is 2.47. The Bertz CT molecular complexity index is 563. The van der Waals surface area contributed by atoms with Crippen LogP contribution in [-0.2, 0) is 4.74 Å². The number of halogens is 6. The molecule has 0 radical (unpaired) electrons. The second-order valence-corrected chi connectivity index (χ2v) is 4.56. The lowest BCUT2D eigenvalue weighted by Crippen LogP contribution is -2.49. The molecule has 0 aliphatic carbocycles. The van der Waals surface area contributed by atoms with Gasteiger partial charge >= 0.3 is 18.4 Å². The normalized spacial score (nSPS) is 21.4. The minimum atomic E-state index is -4.96. The summed E-state index contributed by atoms with van der Waals surface area (Å²) in [6, 6.07) is 0.864. The maximum Gasteiger partial charge on any atom is 0.573 e. The number of hydrogen-bond acceptors (Lipinski definition) is 3. The number of alkyl halides is 5. The number of rotatable bonds is 2. The van der Waals surface area contributed by atoms with Crippen LogP contribution >= 0.6 is 11.6 Å². The highest BCUT2D eigenvalue weighted by Crippen LogP contribution is 2.38. The van der Waals surface area contributed by atoms with Crippen molar-refractivity contribution in [1.29, 1.82) is 0 Å². The lowest BCUT2D eigenvalue weighted by atomic mass is 10.00.